The maximum Gasteiger partial charge on any atom is 0.293 e. The van der Waals surface area contributed by atoms with Gasteiger partial charge in [-0.1, -0.05) is 6.07 Å². The Morgan fingerprint density at radius 1 is 1.16 bits per heavy atom. The van der Waals surface area contributed by atoms with Gasteiger partial charge in [-0.25, -0.2) is 0 Å². The zero-order valence-electron chi connectivity index (χ0n) is 17.3. The van der Waals surface area contributed by atoms with Crippen molar-refractivity contribution in [3.05, 3.63) is 57.6 Å². The molecule has 1 saturated heterocycles. The largest absolute Gasteiger partial charge is 0.493 e. The molecule has 0 radical (unpaired) electrons. The second-order valence-electron chi connectivity index (χ2n) is 6.89. The Hall–Kier alpha value is -4.06. The molecule has 1 aliphatic heterocycles. The molecule has 0 bridgehead atoms. The summed E-state index contributed by atoms with van der Waals surface area (Å²) in [6.07, 6.45) is 3.32. The molecule has 3 rings (SSSR count). The number of hydrogen-bond acceptors (Lipinski definition) is 7. The number of amides is 1. The van der Waals surface area contributed by atoms with Gasteiger partial charge in [-0.05, 0) is 42.7 Å². The number of carbonyl (C=O) groups excluding carboxylic acids is 1. The summed E-state index contributed by atoms with van der Waals surface area (Å²) in [5.41, 5.74) is 1.13. The number of ether oxygens (including phenoxy) is 2. The standard InChI is InChI=1S/C22H22N4O5/c1-30-20-8-6-17(13-21(20)31-2)24-22(27)16(14-23)11-15-5-7-18(19(12-15)26(28)29)25-9-3-4-10-25/h5-8,11-13H,3-4,9-10H2,1-2H3,(H,24,27). The maximum absolute atomic E-state index is 12.6. The van der Waals surface area contributed by atoms with E-state index < -0.39 is 10.8 Å². The number of methoxy groups -OCH3 is 2. The van der Waals surface area contributed by atoms with Gasteiger partial charge >= 0.3 is 0 Å². The van der Waals surface area contributed by atoms with Crippen molar-refractivity contribution in [1.82, 2.24) is 0 Å². The summed E-state index contributed by atoms with van der Waals surface area (Å²) >= 11 is 0. The second-order valence-corrected chi connectivity index (χ2v) is 6.89. The van der Waals surface area contributed by atoms with Gasteiger partial charge < -0.3 is 19.7 Å². The summed E-state index contributed by atoms with van der Waals surface area (Å²) in [4.78, 5) is 25.7. The SMILES string of the molecule is COc1ccc(NC(=O)C(C#N)=Cc2ccc(N3CCCC3)c([N+](=O)[O-])c2)cc1OC. The fraction of sp³-hybridized carbons (Fsp3) is 0.273. The lowest BCUT2D eigenvalue weighted by molar-refractivity contribution is -0.384. The van der Waals surface area contributed by atoms with Crippen LogP contribution in [0.1, 0.15) is 18.4 Å². The lowest BCUT2D eigenvalue weighted by Gasteiger charge is -2.17. The highest BCUT2D eigenvalue weighted by atomic mass is 16.6. The molecule has 2 aromatic carbocycles. The number of anilines is 2. The summed E-state index contributed by atoms with van der Waals surface area (Å²) in [5.74, 6) is 0.291. The molecule has 0 spiro atoms. The molecule has 1 fully saturated rings. The highest BCUT2D eigenvalue weighted by Crippen LogP contribution is 2.33. The van der Waals surface area contributed by atoms with Crippen LogP contribution in [0.2, 0.25) is 0 Å². The molecule has 9 heteroatoms. The van der Waals surface area contributed by atoms with Gasteiger partial charge in [-0.3, -0.25) is 14.9 Å². The minimum Gasteiger partial charge on any atom is -0.493 e. The van der Waals surface area contributed by atoms with E-state index in [2.05, 4.69) is 5.32 Å². The fourth-order valence-electron chi connectivity index (χ4n) is 3.43. The van der Waals surface area contributed by atoms with E-state index in [1.54, 1.807) is 30.3 Å². The molecule has 1 heterocycles. The number of nitro benzene ring substituents is 1. The molecule has 2 aromatic rings. The number of carbonyl (C=O) groups is 1. The third-order valence-corrected chi connectivity index (χ3v) is 4.96. The van der Waals surface area contributed by atoms with Crippen LogP contribution in [0.5, 0.6) is 11.5 Å². The number of nitrogens with zero attached hydrogens (tertiary/aromatic N) is 3. The van der Waals surface area contributed by atoms with Crippen LogP contribution in [0.25, 0.3) is 6.08 Å². The average molecular weight is 422 g/mol. The monoisotopic (exact) mass is 422 g/mol. The Kier molecular flexibility index (Phi) is 6.72. The van der Waals surface area contributed by atoms with Crippen LogP contribution in [0.3, 0.4) is 0 Å². The van der Waals surface area contributed by atoms with Crippen molar-refractivity contribution in [3.63, 3.8) is 0 Å². The van der Waals surface area contributed by atoms with E-state index in [9.17, 15) is 20.2 Å². The van der Waals surface area contributed by atoms with E-state index in [0.717, 1.165) is 25.9 Å². The first-order valence-corrected chi connectivity index (χ1v) is 9.65. The van der Waals surface area contributed by atoms with Crippen molar-refractivity contribution in [2.24, 2.45) is 0 Å². The predicted molar refractivity (Wildman–Crippen MR) is 116 cm³/mol. The molecule has 1 aliphatic rings. The van der Waals surface area contributed by atoms with Crippen molar-refractivity contribution in [1.29, 1.82) is 5.26 Å². The first-order chi connectivity index (χ1) is 15.0. The van der Waals surface area contributed by atoms with E-state index in [1.807, 2.05) is 11.0 Å². The summed E-state index contributed by atoms with van der Waals surface area (Å²) in [7, 11) is 2.98. The number of nitrogens with one attached hydrogen (secondary N) is 1. The van der Waals surface area contributed by atoms with Gasteiger partial charge in [0.1, 0.15) is 17.3 Å². The second kappa shape index (κ2) is 9.63. The third kappa shape index (κ3) is 4.93. The minimum atomic E-state index is -0.638. The molecule has 0 aromatic heterocycles. The van der Waals surface area contributed by atoms with Crippen molar-refractivity contribution in [2.75, 3.05) is 37.5 Å². The van der Waals surface area contributed by atoms with Crippen molar-refractivity contribution in [2.45, 2.75) is 12.8 Å². The van der Waals surface area contributed by atoms with Gasteiger partial charge in [0, 0.05) is 30.9 Å². The lowest BCUT2D eigenvalue weighted by Crippen LogP contribution is -2.18. The average Bonchev–Trinajstić information content (AvgIpc) is 3.31. The number of rotatable bonds is 7. The Bertz CT molecular complexity index is 1070. The first-order valence-electron chi connectivity index (χ1n) is 9.65. The molecule has 31 heavy (non-hydrogen) atoms. The molecule has 0 atom stereocenters. The van der Waals surface area contributed by atoms with Crippen LogP contribution >= 0.6 is 0 Å². The van der Waals surface area contributed by atoms with Gasteiger partial charge in [0.05, 0.1) is 19.1 Å². The Morgan fingerprint density at radius 3 is 2.48 bits per heavy atom. The smallest absolute Gasteiger partial charge is 0.293 e. The van der Waals surface area contributed by atoms with Crippen LogP contribution in [0.15, 0.2) is 42.0 Å². The summed E-state index contributed by atoms with van der Waals surface area (Å²) in [6, 6.07) is 11.4. The molecule has 160 valence electrons. The number of nitro groups is 1. The Balaban J connectivity index is 1.85. The van der Waals surface area contributed by atoms with Crippen molar-refractivity contribution < 1.29 is 19.2 Å². The van der Waals surface area contributed by atoms with Gasteiger partial charge in [-0.2, -0.15) is 5.26 Å². The molecule has 9 nitrogen and oxygen atoms in total. The van der Waals surface area contributed by atoms with E-state index in [0.29, 0.717) is 28.4 Å². The van der Waals surface area contributed by atoms with Crippen molar-refractivity contribution in [3.8, 4) is 17.6 Å². The number of benzene rings is 2. The maximum atomic E-state index is 12.6. The van der Waals surface area contributed by atoms with Crippen LogP contribution in [-0.2, 0) is 4.79 Å². The summed E-state index contributed by atoms with van der Waals surface area (Å²) < 4.78 is 10.4. The lowest BCUT2D eigenvalue weighted by atomic mass is 10.1. The molecule has 0 saturated carbocycles. The fourth-order valence-corrected chi connectivity index (χ4v) is 3.43. The van der Waals surface area contributed by atoms with E-state index >= 15 is 0 Å². The van der Waals surface area contributed by atoms with Gasteiger partial charge in [0.2, 0.25) is 0 Å². The Morgan fingerprint density at radius 2 is 1.87 bits per heavy atom. The minimum absolute atomic E-state index is 0.0479. The number of hydrogen-bond donors (Lipinski definition) is 1. The summed E-state index contributed by atoms with van der Waals surface area (Å²) in [5, 5.41) is 23.6. The molecule has 1 N–H and O–H groups in total. The zero-order valence-corrected chi connectivity index (χ0v) is 17.3. The van der Waals surface area contributed by atoms with E-state index in [1.165, 1.54) is 26.4 Å². The molecular formula is C22H22N4O5. The van der Waals surface area contributed by atoms with E-state index in [4.69, 9.17) is 9.47 Å². The highest BCUT2D eigenvalue weighted by Gasteiger charge is 2.22. The summed E-state index contributed by atoms with van der Waals surface area (Å²) in [6.45, 7) is 1.54. The number of nitriles is 1. The van der Waals surface area contributed by atoms with Crippen molar-refractivity contribution >= 4 is 29.0 Å². The van der Waals surface area contributed by atoms with Gasteiger partial charge in [0.15, 0.2) is 11.5 Å². The van der Waals surface area contributed by atoms with Crippen LogP contribution in [0.4, 0.5) is 17.1 Å². The van der Waals surface area contributed by atoms with Crippen LogP contribution in [-0.4, -0.2) is 38.1 Å². The normalized spacial score (nSPS) is 13.5. The Labute approximate surface area is 179 Å². The zero-order chi connectivity index (χ0) is 22.4. The van der Waals surface area contributed by atoms with Gasteiger partial charge in [0.25, 0.3) is 11.6 Å². The highest BCUT2D eigenvalue weighted by molar-refractivity contribution is 6.09. The van der Waals surface area contributed by atoms with E-state index in [-0.39, 0.29) is 11.3 Å². The van der Waals surface area contributed by atoms with Gasteiger partial charge in [-0.15, -0.1) is 0 Å². The third-order valence-electron chi connectivity index (χ3n) is 4.96. The predicted octanol–water partition coefficient (Wildman–Crippen LogP) is 3.76. The molecular weight excluding hydrogens is 400 g/mol. The molecule has 0 unspecified atom stereocenters. The van der Waals surface area contributed by atoms with Crippen LogP contribution in [0, 0.1) is 21.4 Å². The molecule has 1 amide bonds. The quantitative estimate of drug-likeness (QED) is 0.312. The first kappa shape index (κ1) is 21.6. The topological polar surface area (TPSA) is 118 Å². The molecule has 0 aliphatic carbocycles. The van der Waals surface area contributed by atoms with Crippen LogP contribution < -0.4 is 19.7 Å².